The summed E-state index contributed by atoms with van der Waals surface area (Å²) in [5.74, 6) is 7.45. The molecule has 41 heavy (non-hydrogen) atoms. The molecule has 0 amide bonds. The predicted octanol–water partition coefficient (Wildman–Crippen LogP) is 6.45. The average Bonchev–Trinajstić information content (AvgIpc) is 3.04. The van der Waals surface area contributed by atoms with E-state index < -0.39 is 11.9 Å². The quantitative estimate of drug-likeness (QED) is 0.103. The van der Waals surface area contributed by atoms with Gasteiger partial charge in [-0.25, -0.2) is 9.59 Å². The van der Waals surface area contributed by atoms with Gasteiger partial charge in [0.05, 0.1) is 14.2 Å². The number of benzene rings is 4. The number of rotatable bonds is 6. The third-order valence-corrected chi connectivity index (χ3v) is 5.68. The Labute approximate surface area is 254 Å². The molecule has 7 heteroatoms. The molecule has 0 aromatic heterocycles. The molecule has 0 N–H and O–H groups in total. The summed E-state index contributed by atoms with van der Waals surface area (Å²) in [5, 5.41) is 0. The van der Waals surface area contributed by atoms with Crippen LogP contribution in [0.3, 0.4) is 0 Å². The first kappa shape index (κ1) is 32.5. The van der Waals surface area contributed by atoms with Crippen molar-refractivity contribution in [2.75, 3.05) is 14.2 Å². The van der Waals surface area contributed by atoms with Gasteiger partial charge in [-0.2, -0.15) is 0 Å². The van der Waals surface area contributed by atoms with E-state index in [4.69, 9.17) is 9.47 Å². The van der Waals surface area contributed by atoms with Gasteiger partial charge >= 0.3 is 11.9 Å². The van der Waals surface area contributed by atoms with Crippen LogP contribution in [-0.4, -0.2) is 26.2 Å². The number of esters is 2. The van der Waals surface area contributed by atoms with Gasteiger partial charge in [-0.05, 0) is 82.2 Å². The molecule has 0 radical (unpaired) electrons. The molecule has 4 aromatic carbocycles. The lowest BCUT2D eigenvalue weighted by Gasteiger charge is -2.05. The highest BCUT2D eigenvalue weighted by Crippen LogP contribution is 2.13. The van der Waals surface area contributed by atoms with Crippen LogP contribution in [0.5, 0.6) is 11.5 Å². The minimum Gasteiger partial charge on any atom is -0.489 e. The number of halogens is 1. The average molecular weight is 661 g/mol. The lowest BCUT2D eigenvalue weighted by atomic mass is 10.1. The standard InChI is InChI=1S/C17H14O3.C13H11IO.C4H4O2/c1-19-17(18)12-11-14-7-9-15(10-8-14)13-20-16-5-3-2-4-6-16;14-12-8-6-11(7-9-12)10-15-13-4-2-1-3-5-13;1-3-4(5)6-2/h2-10H,13H2,1H3;1-9H,10H2;1H,2H3. The Hall–Kier alpha value is -4.73. The number of carbonyl (C=O) groups excluding carboxylic acids is 2. The Morgan fingerprint density at radius 2 is 1.10 bits per heavy atom. The van der Waals surface area contributed by atoms with Crippen molar-refractivity contribution in [3.05, 3.63) is 129 Å². The lowest BCUT2D eigenvalue weighted by molar-refractivity contribution is -0.134. The summed E-state index contributed by atoms with van der Waals surface area (Å²) in [6.07, 6.45) is 4.56. The zero-order chi connectivity index (χ0) is 29.7. The molecule has 0 aliphatic carbocycles. The maximum Gasteiger partial charge on any atom is 0.384 e. The van der Waals surface area contributed by atoms with Gasteiger partial charge in [-0.15, -0.1) is 6.42 Å². The third kappa shape index (κ3) is 14.3. The molecule has 6 nitrogen and oxygen atoms in total. The number of methoxy groups -OCH3 is 2. The highest BCUT2D eigenvalue weighted by molar-refractivity contribution is 14.1. The molecule has 0 spiro atoms. The number of hydrogen-bond donors (Lipinski definition) is 0. The fourth-order valence-corrected chi connectivity index (χ4v) is 3.22. The van der Waals surface area contributed by atoms with Crippen molar-refractivity contribution in [2.24, 2.45) is 0 Å². The number of ether oxygens (including phenoxy) is 4. The Balaban J connectivity index is 0.000000246. The molecule has 0 saturated carbocycles. The van der Waals surface area contributed by atoms with Gasteiger partial charge in [-0.3, -0.25) is 0 Å². The smallest absolute Gasteiger partial charge is 0.384 e. The van der Waals surface area contributed by atoms with E-state index in [0.717, 1.165) is 22.6 Å². The molecule has 0 atom stereocenters. The van der Waals surface area contributed by atoms with Crippen molar-refractivity contribution < 1.29 is 28.5 Å². The normalized spacial score (nSPS) is 9.02. The minimum atomic E-state index is -0.630. The molecule has 0 heterocycles. The molecule has 4 rings (SSSR count). The molecule has 0 fully saturated rings. The van der Waals surface area contributed by atoms with Crippen LogP contribution in [0.1, 0.15) is 16.7 Å². The van der Waals surface area contributed by atoms with E-state index in [1.54, 1.807) is 5.92 Å². The number of carbonyl (C=O) groups is 2. The number of terminal acetylenes is 1. The van der Waals surface area contributed by atoms with Crippen LogP contribution < -0.4 is 9.47 Å². The largest absolute Gasteiger partial charge is 0.489 e. The van der Waals surface area contributed by atoms with Crippen LogP contribution in [0.4, 0.5) is 0 Å². The van der Waals surface area contributed by atoms with E-state index in [1.807, 2.05) is 84.9 Å². The fraction of sp³-hybridized carbons (Fsp3) is 0.118. The number of hydrogen-bond acceptors (Lipinski definition) is 6. The molecular formula is C34H29IO6. The predicted molar refractivity (Wildman–Crippen MR) is 167 cm³/mol. The van der Waals surface area contributed by atoms with E-state index in [1.165, 1.54) is 23.4 Å². The summed E-state index contributed by atoms with van der Waals surface area (Å²) in [7, 11) is 2.54. The first-order valence-corrected chi connectivity index (χ1v) is 13.3. The van der Waals surface area contributed by atoms with Gasteiger partial charge in [0.1, 0.15) is 24.7 Å². The molecule has 0 aliphatic rings. The molecule has 0 unspecified atom stereocenters. The zero-order valence-corrected chi connectivity index (χ0v) is 24.9. The summed E-state index contributed by atoms with van der Waals surface area (Å²) in [4.78, 5) is 20.6. The van der Waals surface area contributed by atoms with Gasteiger partial charge in [0, 0.05) is 21.0 Å². The minimum absolute atomic E-state index is 0.495. The number of para-hydroxylation sites is 2. The molecule has 208 valence electrons. The van der Waals surface area contributed by atoms with Gasteiger partial charge in [0.15, 0.2) is 0 Å². The molecule has 4 aromatic rings. The van der Waals surface area contributed by atoms with Crippen molar-refractivity contribution in [1.29, 1.82) is 0 Å². The van der Waals surface area contributed by atoms with Crippen LogP contribution in [0, 0.1) is 27.8 Å². The molecule has 0 saturated heterocycles. The highest BCUT2D eigenvalue weighted by Gasteiger charge is 1.97. The zero-order valence-electron chi connectivity index (χ0n) is 22.7. The Morgan fingerprint density at radius 3 is 1.49 bits per heavy atom. The Kier molecular flexibility index (Phi) is 15.3. The van der Waals surface area contributed by atoms with Gasteiger partial charge in [-0.1, -0.05) is 66.6 Å². The van der Waals surface area contributed by atoms with E-state index >= 15 is 0 Å². The van der Waals surface area contributed by atoms with Crippen LogP contribution in [0.25, 0.3) is 0 Å². The first-order valence-electron chi connectivity index (χ1n) is 12.3. The van der Waals surface area contributed by atoms with Crippen LogP contribution in [0.15, 0.2) is 109 Å². The van der Waals surface area contributed by atoms with Crippen molar-refractivity contribution in [2.45, 2.75) is 13.2 Å². The monoisotopic (exact) mass is 660 g/mol. The summed E-state index contributed by atoms with van der Waals surface area (Å²) in [5.41, 5.74) is 3.00. The second kappa shape index (κ2) is 19.3. The SMILES string of the molecule is C#CC(=O)OC.COC(=O)C#Cc1ccc(COc2ccccc2)cc1.Ic1ccc(COc2ccccc2)cc1. The summed E-state index contributed by atoms with van der Waals surface area (Å²) < 4.78 is 21.0. The maximum absolute atomic E-state index is 10.9. The second-order valence-corrected chi connectivity index (χ2v) is 9.15. The van der Waals surface area contributed by atoms with Crippen LogP contribution in [-0.2, 0) is 32.3 Å². The highest BCUT2D eigenvalue weighted by atomic mass is 127. The Bertz CT molecular complexity index is 1430. The molecular weight excluding hydrogens is 631 g/mol. The van der Waals surface area contributed by atoms with Crippen molar-refractivity contribution in [3.8, 4) is 35.7 Å². The third-order valence-electron chi connectivity index (χ3n) is 4.96. The Morgan fingerprint density at radius 1 is 0.659 bits per heavy atom. The summed E-state index contributed by atoms with van der Waals surface area (Å²) in [6.45, 7) is 1.12. The first-order chi connectivity index (χ1) is 19.9. The summed E-state index contributed by atoms with van der Waals surface area (Å²) >= 11 is 2.30. The van der Waals surface area contributed by atoms with Crippen molar-refractivity contribution in [3.63, 3.8) is 0 Å². The van der Waals surface area contributed by atoms with E-state index in [2.05, 4.69) is 74.6 Å². The van der Waals surface area contributed by atoms with Crippen molar-refractivity contribution >= 4 is 34.5 Å². The molecule has 0 bridgehead atoms. The van der Waals surface area contributed by atoms with E-state index in [9.17, 15) is 9.59 Å². The van der Waals surface area contributed by atoms with Gasteiger partial charge in [0.25, 0.3) is 0 Å². The van der Waals surface area contributed by atoms with Gasteiger partial charge < -0.3 is 18.9 Å². The van der Waals surface area contributed by atoms with E-state index in [-0.39, 0.29) is 0 Å². The van der Waals surface area contributed by atoms with Crippen LogP contribution in [0.2, 0.25) is 0 Å². The van der Waals surface area contributed by atoms with E-state index in [0.29, 0.717) is 13.2 Å². The van der Waals surface area contributed by atoms with Crippen LogP contribution >= 0.6 is 22.6 Å². The fourth-order valence-electron chi connectivity index (χ4n) is 2.86. The van der Waals surface area contributed by atoms with Gasteiger partial charge in [0.2, 0.25) is 0 Å². The molecule has 0 aliphatic heterocycles. The second-order valence-electron chi connectivity index (χ2n) is 7.90. The topological polar surface area (TPSA) is 71.1 Å². The lowest BCUT2D eigenvalue weighted by Crippen LogP contribution is -1.96. The van der Waals surface area contributed by atoms with Crippen molar-refractivity contribution in [1.82, 2.24) is 0 Å². The maximum atomic E-state index is 10.9. The summed E-state index contributed by atoms with van der Waals surface area (Å²) in [6, 6.07) is 35.4.